The molecule has 0 spiro atoms. The zero-order valence-electron chi connectivity index (χ0n) is 10.4. The van der Waals surface area contributed by atoms with Gasteiger partial charge in [-0.15, -0.1) is 0 Å². The van der Waals surface area contributed by atoms with Crippen LogP contribution in [0.3, 0.4) is 0 Å². The minimum Gasteiger partial charge on any atom is -0.459 e. The molecule has 0 aliphatic heterocycles. The van der Waals surface area contributed by atoms with E-state index in [0.29, 0.717) is 23.3 Å². The second-order valence-electron chi connectivity index (χ2n) is 4.16. The summed E-state index contributed by atoms with van der Waals surface area (Å²) in [7, 11) is 1.65. The third-order valence-electron chi connectivity index (χ3n) is 2.93. The molecular formula is C14H14FNO2. The monoisotopic (exact) mass is 247 g/mol. The van der Waals surface area contributed by atoms with E-state index in [1.54, 1.807) is 26.1 Å². The third kappa shape index (κ3) is 2.01. The fourth-order valence-electron chi connectivity index (χ4n) is 1.90. The molecular weight excluding hydrogens is 233 g/mol. The number of benzene rings is 1. The van der Waals surface area contributed by atoms with E-state index in [4.69, 9.17) is 4.42 Å². The Balaban J connectivity index is 2.41. The Morgan fingerprint density at radius 2 is 2.28 bits per heavy atom. The molecule has 0 fully saturated rings. The van der Waals surface area contributed by atoms with Crippen LogP contribution >= 0.6 is 0 Å². The summed E-state index contributed by atoms with van der Waals surface area (Å²) in [4.78, 5) is 12.9. The Hall–Kier alpha value is -2.10. The van der Waals surface area contributed by atoms with Crippen LogP contribution in [0.5, 0.6) is 0 Å². The Labute approximate surface area is 104 Å². The fraction of sp³-hybridized carbons (Fsp3) is 0.214. The van der Waals surface area contributed by atoms with Gasteiger partial charge in [-0.2, -0.15) is 0 Å². The average molecular weight is 247 g/mol. The van der Waals surface area contributed by atoms with Crippen molar-refractivity contribution in [2.24, 2.45) is 0 Å². The van der Waals surface area contributed by atoms with Gasteiger partial charge < -0.3 is 9.32 Å². The highest BCUT2D eigenvalue weighted by atomic mass is 19.1. The van der Waals surface area contributed by atoms with Crippen LogP contribution in [0.4, 0.5) is 4.39 Å². The van der Waals surface area contributed by atoms with Crippen molar-refractivity contribution in [2.45, 2.75) is 13.5 Å². The topological polar surface area (TPSA) is 33.5 Å². The molecule has 18 heavy (non-hydrogen) atoms. The zero-order chi connectivity index (χ0) is 13.3. The van der Waals surface area contributed by atoms with Crippen molar-refractivity contribution >= 4 is 16.9 Å². The molecule has 3 nitrogen and oxygen atoms in total. The molecule has 0 bridgehead atoms. The minimum atomic E-state index is -0.308. The molecule has 0 saturated carbocycles. The summed E-state index contributed by atoms with van der Waals surface area (Å²) in [6, 6.07) is 4.71. The number of likely N-dealkylation sites (N-methyl/N-ethyl adjacent to an activating group) is 1. The lowest BCUT2D eigenvalue weighted by Gasteiger charge is -2.13. The number of rotatable bonds is 3. The first-order valence-electron chi connectivity index (χ1n) is 5.58. The van der Waals surface area contributed by atoms with E-state index < -0.39 is 0 Å². The number of fused-ring (bicyclic) bond motifs is 1. The van der Waals surface area contributed by atoms with Gasteiger partial charge in [-0.05, 0) is 25.1 Å². The summed E-state index contributed by atoms with van der Waals surface area (Å²) in [6.45, 7) is 5.51. The summed E-state index contributed by atoms with van der Waals surface area (Å²) < 4.78 is 19.2. The number of halogens is 1. The number of furan rings is 1. The molecule has 0 unspecified atom stereocenters. The largest absolute Gasteiger partial charge is 0.459 e. The van der Waals surface area contributed by atoms with Gasteiger partial charge >= 0.3 is 0 Å². The van der Waals surface area contributed by atoms with Crippen molar-refractivity contribution in [1.29, 1.82) is 0 Å². The lowest BCUT2D eigenvalue weighted by atomic mass is 10.1. The van der Waals surface area contributed by atoms with Crippen LogP contribution in [0, 0.1) is 12.7 Å². The summed E-state index contributed by atoms with van der Waals surface area (Å²) in [5.41, 5.74) is 1.23. The molecule has 0 aliphatic rings. The van der Waals surface area contributed by atoms with Gasteiger partial charge in [-0.25, -0.2) is 4.39 Å². The lowest BCUT2D eigenvalue weighted by Crippen LogP contribution is -2.23. The molecule has 0 aliphatic carbocycles. The SMILES string of the molecule is C=CC(=O)N(C)Cc1oc2cccc(F)c2c1C. The summed E-state index contributed by atoms with van der Waals surface area (Å²) in [5, 5.41) is 0.479. The van der Waals surface area contributed by atoms with Crippen molar-refractivity contribution in [1.82, 2.24) is 4.90 Å². The van der Waals surface area contributed by atoms with E-state index in [-0.39, 0.29) is 11.7 Å². The molecule has 0 radical (unpaired) electrons. The van der Waals surface area contributed by atoms with Crippen molar-refractivity contribution in [3.8, 4) is 0 Å². The summed E-state index contributed by atoms with van der Waals surface area (Å²) in [5.74, 6) is 0.0841. The molecule has 1 aromatic heterocycles. The normalized spacial score (nSPS) is 10.6. The van der Waals surface area contributed by atoms with Gasteiger partial charge in [0.05, 0.1) is 11.9 Å². The van der Waals surface area contributed by atoms with E-state index >= 15 is 0 Å². The van der Waals surface area contributed by atoms with Crippen molar-refractivity contribution in [2.75, 3.05) is 7.05 Å². The molecule has 94 valence electrons. The Kier molecular flexibility index (Phi) is 3.19. The van der Waals surface area contributed by atoms with Crippen LogP contribution in [-0.2, 0) is 11.3 Å². The first-order chi connectivity index (χ1) is 8.54. The molecule has 0 saturated heterocycles. The van der Waals surface area contributed by atoms with E-state index in [0.717, 1.165) is 5.56 Å². The lowest BCUT2D eigenvalue weighted by molar-refractivity contribution is -0.125. The molecule has 1 aromatic carbocycles. The third-order valence-corrected chi connectivity index (χ3v) is 2.93. The van der Waals surface area contributed by atoms with E-state index in [1.807, 2.05) is 0 Å². The summed E-state index contributed by atoms with van der Waals surface area (Å²) in [6.07, 6.45) is 1.23. The highest BCUT2D eigenvalue weighted by Crippen LogP contribution is 2.28. The Morgan fingerprint density at radius 3 is 2.89 bits per heavy atom. The highest BCUT2D eigenvalue weighted by Gasteiger charge is 2.16. The predicted octanol–water partition coefficient (Wildman–Crippen LogP) is 3.02. The number of hydrogen-bond acceptors (Lipinski definition) is 2. The predicted molar refractivity (Wildman–Crippen MR) is 67.6 cm³/mol. The van der Waals surface area contributed by atoms with E-state index in [9.17, 15) is 9.18 Å². The number of carbonyl (C=O) groups excluding carboxylic acids is 1. The fourth-order valence-corrected chi connectivity index (χ4v) is 1.90. The number of carbonyl (C=O) groups is 1. The minimum absolute atomic E-state index is 0.199. The maximum atomic E-state index is 13.7. The van der Waals surface area contributed by atoms with Crippen LogP contribution in [0.25, 0.3) is 11.0 Å². The summed E-state index contributed by atoms with van der Waals surface area (Å²) >= 11 is 0. The van der Waals surface area contributed by atoms with E-state index in [1.165, 1.54) is 17.0 Å². The molecule has 2 aromatic rings. The molecule has 0 atom stereocenters. The van der Waals surface area contributed by atoms with Crippen LogP contribution in [0.1, 0.15) is 11.3 Å². The second kappa shape index (κ2) is 4.64. The standard InChI is InChI=1S/C14H14FNO2/c1-4-13(17)16(3)8-12-9(2)14-10(15)6-5-7-11(14)18-12/h4-7H,1,8H2,2-3H3. The zero-order valence-corrected chi connectivity index (χ0v) is 10.4. The number of aryl methyl sites for hydroxylation is 1. The van der Waals surface area contributed by atoms with Crippen LogP contribution < -0.4 is 0 Å². The van der Waals surface area contributed by atoms with Crippen molar-refractivity contribution < 1.29 is 13.6 Å². The van der Waals surface area contributed by atoms with Gasteiger partial charge in [0.2, 0.25) is 5.91 Å². The Morgan fingerprint density at radius 1 is 1.56 bits per heavy atom. The van der Waals surface area contributed by atoms with Gasteiger partial charge in [0.15, 0.2) is 0 Å². The first-order valence-corrected chi connectivity index (χ1v) is 5.58. The van der Waals surface area contributed by atoms with Crippen LogP contribution in [-0.4, -0.2) is 17.9 Å². The number of hydrogen-bond donors (Lipinski definition) is 0. The van der Waals surface area contributed by atoms with Gasteiger partial charge in [0.1, 0.15) is 17.2 Å². The Bertz CT molecular complexity index is 616. The van der Waals surface area contributed by atoms with Gasteiger partial charge in [-0.1, -0.05) is 12.6 Å². The average Bonchev–Trinajstić information content (AvgIpc) is 2.66. The van der Waals surface area contributed by atoms with Gasteiger partial charge in [-0.3, -0.25) is 4.79 Å². The molecule has 1 heterocycles. The van der Waals surface area contributed by atoms with Gasteiger partial charge in [0, 0.05) is 12.6 Å². The van der Waals surface area contributed by atoms with Crippen LogP contribution in [0.15, 0.2) is 35.3 Å². The number of amides is 1. The van der Waals surface area contributed by atoms with Crippen LogP contribution in [0.2, 0.25) is 0 Å². The molecule has 1 amide bonds. The maximum absolute atomic E-state index is 13.7. The first kappa shape index (κ1) is 12.4. The van der Waals surface area contributed by atoms with E-state index in [2.05, 4.69) is 6.58 Å². The quantitative estimate of drug-likeness (QED) is 0.781. The smallest absolute Gasteiger partial charge is 0.246 e. The maximum Gasteiger partial charge on any atom is 0.246 e. The highest BCUT2D eigenvalue weighted by molar-refractivity contribution is 5.87. The van der Waals surface area contributed by atoms with Crippen molar-refractivity contribution in [3.63, 3.8) is 0 Å². The molecule has 4 heteroatoms. The molecule has 0 N–H and O–H groups in total. The molecule has 2 rings (SSSR count). The van der Waals surface area contributed by atoms with Gasteiger partial charge in [0.25, 0.3) is 0 Å². The van der Waals surface area contributed by atoms with Crippen molar-refractivity contribution in [3.05, 3.63) is 48.0 Å². The second-order valence-corrected chi connectivity index (χ2v) is 4.16. The number of nitrogens with zero attached hydrogens (tertiary/aromatic N) is 1.